The van der Waals surface area contributed by atoms with Crippen LogP contribution in [0.2, 0.25) is 5.02 Å². The number of hydrogen-bond donors (Lipinski definition) is 0. The van der Waals surface area contributed by atoms with Gasteiger partial charge in [-0.3, -0.25) is 0 Å². The Morgan fingerprint density at radius 3 is 2.33 bits per heavy atom. The predicted molar refractivity (Wildman–Crippen MR) is 26.0 cm³/mol. The number of carbonyl (C=O) groups is 1. The number of ether oxygens (including phenoxy) is 1. The van der Waals surface area contributed by atoms with E-state index < -0.39 is 0 Å². The molecule has 0 bridgehead atoms. The molecule has 0 N–H and O–H groups in total. The Balaban J connectivity index is 0. The number of carbonyl (C=O) groups excluding carboxylic acids is 1. The fraction of sp³-hybridized carbons (Fsp3) is 0.800. The van der Waals surface area contributed by atoms with Gasteiger partial charge in [-0.15, -0.1) is 0 Å². The van der Waals surface area contributed by atoms with Crippen LogP contribution >= 0.6 is 0 Å². The molecular formula is C5H9BrO2Zn. The molecule has 0 amide bonds. The van der Waals surface area contributed by atoms with Crippen molar-refractivity contribution in [3.63, 3.8) is 0 Å². The van der Waals surface area contributed by atoms with Gasteiger partial charge < -0.3 is 17.0 Å². The van der Waals surface area contributed by atoms with E-state index in [2.05, 4.69) is 4.74 Å². The van der Waals surface area contributed by atoms with E-state index in [0.29, 0.717) is 0 Å². The summed E-state index contributed by atoms with van der Waals surface area (Å²) >= 11 is 1.16. The van der Waals surface area contributed by atoms with Gasteiger partial charge in [0.15, 0.2) is 0 Å². The summed E-state index contributed by atoms with van der Waals surface area (Å²) in [4.78, 5) is 10.5. The Bertz CT molecular complexity index is 87.0. The third-order valence-corrected chi connectivity index (χ3v) is 2.85. The first kappa shape index (κ1) is 12.3. The molecule has 0 aromatic heterocycles. The summed E-state index contributed by atoms with van der Waals surface area (Å²) in [6.07, 6.45) is 0. The van der Waals surface area contributed by atoms with E-state index in [-0.39, 0.29) is 28.9 Å². The van der Waals surface area contributed by atoms with E-state index in [4.69, 9.17) is 0 Å². The second-order valence-electron chi connectivity index (χ2n) is 1.71. The quantitative estimate of drug-likeness (QED) is 0.407. The molecule has 0 saturated heterocycles. The maximum absolute atomic E-state index is 10.5. The summed E-state index contributed by atoms with van der Waals surface area (Å²) in [6, 6.07) is 0. The molecule has 1 atom stereocenters. The molecule has 0 aliphatic heterocycles. The largest absolute Gasteiger partial charge is 1.00 e. The predicted octanol–water partition coefficient (Wildman–Crippen LogP) is -2.24. The zero-order chi connectivity index (χ0) is 6.57. The summed E-state index contributed by atoms with van der Waals surface area (Å²) in [7, 11) is 1.43. The van der Waals surface area contributed by atoms with Gasteiger partial charge in [0.2, 0.25) is 0 Å². The average molecular weight is 246 g/mol. The normalized spacial score (nSPS) is 11.6. The standard InChI is InChI=1S/C5H9O2.BrH.Zn/c1-4(2)5(6)7-3;;/h4H,1H2,2-3H3;1H;/q;;+1/p-1/t4-;;/m1../s1. The Labute approximate surface area is 75.8 Å². The van der Waals surface area contributed by atoms with Crippen LogP contribution in [-0.4, -0.2) is 13.1 Å². The smallest absolute Gasteiger partial charge is 1.00 e. The molecule has 50 valence electrons. The van der Waals surface area contributed by atoms with Crippen LogP contribution in [-0.2, 0) is 27.8 Å². The molecule has 0 aromatic rings. The van der Waals surface area contributed by atoms with Crippen LogP contribution in [0.3, 0.4) is 0 Å². The van der Waals surface area contributed by atoms with Crippen molar-refractivity contribution in [2.75, 3.05) is 7.11 Å². The monoisotopic (exact) mass is 244 g/mol. The Hall–Kier alpha value is 0.573. The van der Waals surface area contributed by atoms with E-state index in [0.717, 1.165) is 23.3 Å². The van der Waals surface area contributed by atoms with Gasteiger partial charge in [-0.25, -0.2) is 0 Å². The van der Waals surface area contributed by atoms with Crippen molar-refractivity contribution in [3.8, 4) is 0 Å². The third kappa shape index (κ3) is 5.04. The molecule has 0 aliphatic carbocycles. The van der Waals surface area contributed by atoms with Crippen LogP contribution in [0.1, 0.15) is 6.92 Å². The second kappa shape index (κ2) is 6.69. The zero-order valence-corrected chi connectivity index (χ0v) is 10.2. The number of halogens is 1. The molecule has 0 fully saturated rings. The topological polar surface area (TPSA) is 26.3 Å². The maximum Gasteiger partial charge on any atom is -1.00 e. The Kier molecular flexibility index (Phi) is 9.12. The summed E-state index contributed by atoms with van der Waals surface area (Å²) in [6.45, 7) is 1.88. The number of methoxy groups -OCH3 is 1. The van der Waals surface area contributed by atoms with Gasteiger partial charge in [0.25, 0.3) is 0 Å². The van der Waals surface area contributed by atoms with Gasteiger partial charge in [0.05, 0.1) is 0 Å². The van der Waals surface area contributed by atoms with Crippen LogP contribution in [0.5, 0.6) is 0 Å². The van der Waals surface area contributed by atoms with Crippen LogP contribution < -0.4 is 17.0 Å². The van der Waals surface area contributed by atoms with E-state index in [1.54, 1.807) is 0 Å². The fourth-order valence-corrected chi connectivity index (χ4v) is 0.814. The summed E-state index contributed by atoms with van der Waals surface area (Å²) < 4.78 is 4.48. The van der Waals surface area contributed by atoms with Crippen molar-refractivity contribution < 1.29 is 44.8 Å². The van der Waals surface area contributed by atoms with Crippen molar-refractivity contribution in [1.29, 1.82) is 0 Å². The molecule has 0 rings (SSSR count). The van der Waals surface area contributed by atoms with Gasteiger partial charge in [0, 0.05) is 0 Å². The Morgan fingerprint density at radius 1 is 1.78 bits per heavy atom. The first-order chi connectivity index (χ1) is 3.72. The number of esters is 1. The molecular weight excluding hydrogens is 237 g/mol. The van der Waals surface area contributed by atoms with Gasteiger partial charge in [-0.2, -0.15) is 0 Å². The van der Waals surface area contributed by atoms with E-state index >= 15 is 0 Å². The van der Waals surface area contributed by atoms with Crippen molar-refractivity contribution in [3.05, 3.63) is 0 Å². The minimum Gasteiger partial charge on any atom is -1.00 e. The van der Waals surface area contributed by atoms with E-state index in [9.17, 15) is 4.79 Å². The maximum atomic E-state index is 10.5. The first-order valence-corrected chi connectivity index (χ1v) is 4.69. The number of hydrogen-bond acceptors (Lipinski definition) is 2. The number of rotatable bonds is 2. The van der Waals surface area contributed by atoms with Gasteiger partial charge >= 0.3 is 58.8 Å². The van der Waals surface area contributed by atoms with Crippen LogP contribution in [0, 0.1) is 5.92 Å². The second-order valence-corrected chi connectivity index (χ2v) is 2.92. The molecule has 0 aliphatic rings. The molecule has 0 unspecified atom stereocenters. The van der Waals surface area contributed by atoms with E-state index in [1.807, 2.05) is 6.92 Å². The minimum absolute atomic E-state index is 0. The molecule has 9 heavy (non-hydrogen) atoms. The van der Waals surface area contributed by atoms with Gasteiger partial charge in [0.1, 0.15) is 0 Å². The SMILES string of the molecule is COC(=O)[C@@H](C)[CH2][Zn+].[Br-]. The van der Waals surface area contributed by atoms with Crippen LogP contribution in [0.25, 0.3) is 0 Å². The molecule has 0 radical (unpaired) electrons. The van der Waals surface area contributed by atoms with Gasteiger partial charge in [-0.05, 0) is 0 Å². The fourth-order valence-electron chi connectivity index (χ4n) is 0.319. The molecule has 0 spiro atoms. The summed E-state index contributed by atoms with van der Waals surface area (Å²) in [5.74, 6) is 0.0243. The molecule has 2 nitrogen and oxygen atoms in total. The molecule has 0 saturated carbocycles. The van der Waals surface area contributed by atoms with Crippen molar-refractivity contribution in [1.82, 2.24) is 0 Å². The van der Waals surface area contributed by atoms with Crippen LogP contribution in [0.15, 0.2) is 0 Å². The first-order valence-electron chi connectivity index (χ1n) is 2.59. The van der Waals surface area contributed by atoms with E-state index in [1.165, 1.54) is 7.11 Å². The minimum atomic E-state index is -0.0868. The van der Waals surface area contributed by atoms with Gasteiger partial charge in [-0.1, -0.05) is 0 Å². The molecule has 4 heteroatoms. The third-order valence-electron chi connectivity index (χ3n) is 1.04. The molecule has 0 aromatic carbocycles. The molecule has 0 heterocycles. The zero-order valence-electron chi connectivity index (χ0n) is 5.69. The van der Waals surface area contributed by atoms with Crippen molar-refractivity contribution in [2.24, 2.45) is 5.92 Å². The summed E-state index contributed by atoms with van der Waals surface area (Å²) in [5, 5.41) is 0.979. The van der Waals surface area contributed by atoms with Crippen LogP contribution in [0.4, 0.5) is 0 Å². The van der Waals surface area contributed by atoms with Crippen molar-refractivity contribution >= 4 is 5.97 Å². The van der Waals surface area contributed by atoms with Crippen molar-refractivity contribution in [2.45, 2.75) is 11.9 Å². The summed E-state index contributed by atoms with van der Waals surface area (Å²) in [5.41, 5.74) is 0. The Morgan fingerprint density at radius 2 is 2.22 bits per heavy atom. The average Bonchev–Trinajstić information content (AvgIpc) is 1.84.